The number of pyridine rings is 2. The van der Waals surface area contributed by atoms with Crippen LogP contribution >= 0.6 is 0 Å². The van der Waals surface area contributed by atoms with Crippen molar-refractivity contribution in [2.24, 2.45) is 0 Å². The minimum atomic E-state index is -2.70. The van der Waals surface area contributed by atoms with Crippen molar-refractivity contribution >= 4 is 17.0 Å². The van der Waals surface area contributed by atoms with Crippen molar-refractivity contribution in [1.82, 2.24) is 24.6 Å². The Bertz CT molecular complexity index is 1130. The molecule has 0 saturated carbocycles. The van der Waals surface area contributed by atoms with Crippen molar-refractivity contribution in [1.29, 1.82) is 0 Å². The molecule has 0 saturated heterocycles. The highest BCUT2D eigenvalue weighted by Gasteiger charge is 2.15. The second kappa shape index (κ2) is 6.67. The molecular weight excluding hydrogens is 357 g/mol. The Morgan fingerprint density at radius 3 is 2.74 bits per heavy atom. The van der Waals surface area contributed by atoms with Crippen LogP contribution in [-0.4, -0.2) is 24.6 Å². The molecule has 0 aliphatic rings. The Morgan fingerprint density at radius 1 is 1.07 bits per heavy atom. The van der Waals surface area contributed by atoms with E-state index in [0.717, 1.165) is 0 Å². The average Bonchev–Trinajstić information content (AvgIpc) is 3.14. The fraction of sp³-hybridized carbons (Fsp3) is 0.111. The Labute approximate surface area is 151 Å². The summed E-state index contributed by atoms with van der Waals surface area (Å²) in [5.74, 6) is -0.0474. The summed E-state index contributed by atoms with van der Waals surface area (Å²) in [7, 11) is 0. The molecule has 4 heterocycles. The summed E-state index contributed by atoms with van der Waals surface area (Å²) in [6.07, 6.45) is 0.453. The van der Waals surface area contributed by atoms with Gasteiger partial charge >= 0.3 is 0 Å². The van der Waals surface area contributed by atoms with Crippen LogP contribution in [0.2, 0.25) is 0 Å². The molecule has 0 aliphatic heterocycles. The van der Waals surface area contributed by atoms with Crippen LogP contribution in [0, 0.1) is 12.7 Å². The maximum atomic E-state index is 14.3. The predicted molar refractivity (Wildman–Crippen MR) is 93.4 cm³/mol. The first-order valence-corrected chi connectivity index (χ1v) is 8.02. The molecule has 0 unspecified atom stereocenters. The number of alkyl halides is 2. The average molecular weight is 370 g/mol. The molecule has 9 heteroatoms. The molecule has 0 atom stereocenters. The molecule has 0 fully saturated rings. The second-order valence-corrected chi connectivity index (χ2v) is 5.75. The molecule has 0 radical (unpaired) electrons. The first-order valence-electron chi connectivity index (χ1n) is 8.02. The zero-order valence-corrected chi connectivity index (χ0v) is 14.1. The van der Waals surface area contributed by atoms with Gasteiger partial charge in [-0.05, 0) is 37.3 Å². The third-order valence-electron chi connectivity index (χ3n) is 3.93. The van der Waals surface area contributed by atoms with Crippen molar-refractivity contribution in [3.8, 4) is 11.5 Å². The summed E-state index contributed by atoms with van der Waals surface area (Å²) in [5, 5.41) is 7.23. The molecule has 136 valence electrons. The van der Waals surface area contributed by atoms with Crippen LogP contribution in [0.3, 0.4) is 0 Å². The van der Waals surface area contributed by atoms with Crippen molar-refractivity contribution in [2.75, 3.05) is 5.32 Å². The third kappa shape index (κ3) is 3.19. The third-order valence-corrected chi connectivity index (χ3v) is 3.93. The lowest BCUT2D eigenvalue weighted by Gasteiger charge is -2.11. The first-order chi connectivity index (χ1) is 13.0. The van der Waals surface area contributed by atoms with E-state index < -0.39 is 12.2 Å². The van der Waals surface area contributed by atoms with Gasteiger partial charge in [-0.15, -0.1) is 5.10 Å². The van der Waals surface area contributed by atoms with Crippen LogP contribution in [0.25, 0.3) is 17.0 Å². The van der Waals surface area contributed by atoms with Crippen LogP contribution in [0.15, 0.2) is 48.8 Å². The lowest BCUT2D eigenvalue weighted by Crippen LogP contribution is -2.06. The largest absolute Gasteiger partial charge is 0.336 e. The number of hydrogen-bond acceptors (Lipinski definition) is 5. The van der Waals surface area contributed by atoms with Gasteiger partial charge in [0.25, 0.3) is 6.43 Å². The van der Waals surface area contributed by atoms with Gasteiger partial charge in [0.15, 0.2) is 11.6 Å². The van der Waals surface area contributed by atoms with Gasteiger partial charge in [0.2, 0.25) is 5.82 Å². The molecule has 27 heavy (non-hydrogen) atoms. The molecule has 0 aromatic carbocycles. The van der Waals surface area contributed by atoms with E-state index in [9.17, 15) is 13.2 Å². The van der Waals surface area contributed by atoms with Gasteiger partial charge in [-0.2, -0.15) is 0 Å². The molecule has 4 aromatic heterocycles. The molecular formula is C18H13F3N6. The molecule has 4 rings (SSSR count). The van der Waals surface area contributed by atoms with Gasteiger partial charge in [-0.3, -0.25) is 4.98 Å². The quantitative estimate of drug-likeness (QED) is 0.580. The van der Waals surface area contributed by atoms with Gasteiger partial charge in [0.1, 0.15) is 16.9 Å². The maximum absolute atomic E-state index is 14.3. The summed E-state index contributed by atoms with van der Waals surface area (Å²) in [5.41, 5.74) is 0.862. The Balaban J connectivity index is 1.83. The van der Waals surface area contributed by atoms with Crippen LogP contribution in [0.5, 0.6) is 0 Å². The van der Waals surface area contributed by atoms with Crippen LogP contribution in [0.1, 0.15) is 17.8 Å². The standard InChI is InChI=1S/C18H13F3N6/c1-10-15(19)11(7-8-22-10)24-18-14-6-3-9-27(14)26-17(25-18)13-5-2-4-12(23-13)16(20)21/h2-9,16H,1H3,(H,22,24,25,26). The molecule has 0 amide bonds. The monoisotopic (exact) mass is 370 g/mol. The summed E-state index contributed by atoms with van der Waals surface area (Å²) in [6, 6.07) is 9.22. The molecule has 1 N–H and O–H groups in total. The minimum absolute atomic E-state index is 0.134. The van der Waals surface area contributed by atoms with Gasteiger partial charge < -0.3 is 5.32 Å². The van der Waals surface area contributed by atoms with Crippen molar-refractivity contribution < 1.29 is 13.2 Å². The van der Waals surface area contributed by atoms with E-state index in [4.69, 9.17) is 0 Å². The van der Waals surface area contributed by atoms with E-state index >= 15 is 0 Å². The van der Waals surface area contributed by atoms with Gasteiger partial charge in [-0.25, -0.2) is 27.7 Å². The van der Waals surface area contributed by atoms with Gasteiger partial charge in [0.05, 0.1) is 11.4 Å². The number of nitrogens with one attached hydrogen (secondary N) is 1. The summed E-state index contributed by atoms with van der Waals surface area (Å²) in [4.78, 5) is 12.2. The van der Waals surface area contributed by atoms with Crippen molar-refractivity contribution in [3.05, 3.63) is 66.0 Å². The highest BCUT2D eigenvalue weighted by molar-refractivity contribution is 5.75. The number of halogens is 3. The second-order valence-electron chi connectivity index (χ2n) is 5.75. The van der Waals surface area contributed by atoms with Gasteiger partial charge in [0, 0.05) is 12.4 Å². The Hall–Kier alpha value is -3.49. The molecule has 0 spiro atoms. The normalized spacial score (nSPS) is 11.3. The SMILES string of the molecule is Cc1nccc(Nc2nc(-c3cccc(C(F)F)n3)nn3cccc23)c1F. The number of aryl methyl sites for hydroxylation is 1. The van der Waals surface area contributed by atoms with Crippen LogP contribution < -0.4 is 5.32 Å². The van der Waals surface area contributed by atoms with Crippen LogP contribution in [0.4, 0.5) is 24.7 Å². The fourth-order valence-electron chi connectivity index (χ4n) is 2.61. The van der Waals surface area contributed by atoms with Crippen molar-refractivity contribution in [3.63, 3.8) is 0 Å². The minimum Gasteiger partial charge on any atom is -0.336 e. The summed E-state index contributed by atoms with van der Waals surface area (Å²) < 4.78 is 41.7. The highest BCUT2D eigenvalue weighted by atomic mass is 19.3. The van der Waals surface area contributed by atoms with E-state index in [-0.39, 0.29) is 28.6 Å². The topological polar surface area (TPSA) is 68.0 Å². The van der Waals surface area contributed by atoms with E-state index in [1.807, 2.05) is 0 Å². The number of aromatic nitrogens is 5. The number of hydrogen-bond donors (Lipinski definition) is 1. The summed E-state index contributed by atoms with van der Waals surface area (Å²) >= 11 is 0. The lowest BCUT2D eigenvalue weighted by molar-refractivity contribution is 0.146. The van der Waals surface area contributed by atoms with Crippen LogP contribution in [-0.2, 0) is 0 Å². The summed E-state index contributed by atoms with van der Waals surface area (Å²) in [6.45, 7) is 1.55. The van der Waals surface area contributed by atoms with E-state index in [0.29, 0.717) is 11.3 Å². The molecule has 0 bridgehead atoms. The van der Waals surface area contributed by atoms with Crippen molar-refractivity contribution in [2.45, 2.75) is 13.3 Å². The van der Waals surface area contributed by atoms with Gasteiger partial charge in [-0.1, -0.05) is 6.07 Å². The number of fused-ring (bicyclic) bond motifs is 1. The Kier molecular flexibility index (Phi) is 4.19. The lowest BCUT2D eigenvalue weighted by atomic mass is 10.3. The molecule has 4 aromatic rings. The number of nitrogens with zero attached hydrogens (tertiary/aromatic N) is 5. The number of rotatable bonds is 4. The van der Waals surface area contributed by atoms with E-state index in [1.165, 1.54) is 35.0 Å². The molecule has 0 aliphatic carbocycles. The Morgan fingerprint density at radius 2 is 1.93 bits per heavy atom. The van der Waals surface area contributed by atoms with E-state index in [1.54, 1.807) is 25.3 Å². The molecule has 6 nitrogen and oxygen atoms in total. The smallest absolute Gasteiger partial charge is 0.280 e. The zero-order valence-electron chi connectivity index (χ0n) is 14.1. The maximum Gasteiger partial charge on any atom is 0.280 e. The highest BCUT2D eigenvalue weighted by Crippen LogP contribution is 2.26. The predicted octanol–water partition coefficient (Wildman–Crippen LogP) is 4.32. The number of anilines is 2. The fourth-order valence-corrected chi connectivity index (χ4v) is 2.61. The zero-order chi connectivity index (χ0) is 19.0. The van der Waals surface area contributed by atoms with E-state index in [2.05, 4.69) is 25.4 Å². The first kappa shape index (κ1) is 17.0.